The highest BCUT2D eigenvalue weighted by molar-refractivity contribution is 5.11. The molecule has 0 fully saturated rings. The summed E-state index contributed by atoms with van der Waals surface area (Å²) < 4.78 is 0. The van der Waals surface area contributed by atoms with E-state index in [9.17, 15) is 0 Å². The molecule has 3 N–H and O–H groups in total. The monoisotopic (exact) mass is 164 g/mol. The Labute approximate surface area is 71.5 Å². The molecule has 1 heterocycles. The van der Waals surface area contributed by atoms with Gasteiger partial charge in [-0.05, 0) is 13.0 Å². The minimum atomic E-state index is -0.161. The van der Waals surface area contributed by atoms with E-state index in [1.165, 1.54) is 0 Å². The SMILES string of the molecule is C=C(C)C(NN)c1ncccn1. The van der Waals surface area contributed by atoms with Crippen molar-refractivity contribution in [2.75, 3.05) is 0 Å². The summed E-state index contributed by atoms with van der Waals surface area (Å²) in [6.07, 6.45) is 3.35. The van der Waals surface area contributed by atoms with Gasteiger partial charge in [0.1, 0.15) is 6.04 Å². The van der Waals surface area contributed by atoms with Crippen molar-refractivity contribution in [1.82, 2.24) is 15.4 Å². The molecule has 64 valence electrons. The standard InChI is InChI=1S/C8H12N4/c1-6(2)7(12-9)8-10-4-3-5-11-8/h3-5,7,12H,1,9H2,2H3. The largest absolute Gasteiger partial charge is 0.270 e. The Morgan fingerprint density at radius 1 is 1.58 bits per heavy atom. The van der Waals surface area contributed by atoms with Crippen LogP contribution in [0.5, 0.6) is 0 Å². The van der Waals surface area contributed by atoms with Gasteiger partial charge in [-0.15, -0.1) is 0 Å². The first-order valence-corrected chi connectivity index (χ1v) is 3.64. The van der Waals surface area contributed by atoms with Gasteiger partial charge in [0.2, 0.25) is 0 Å². The van der Waals surface area contributed by atoms with E-state index in [1.54, 1.807) is 18.5 Å². The van der Waals surface area contributed by atoms with Crippen LogP contribution in [0.15, 0.2) is 30.6 Å². The molecule has 4 nitrogen and oxygen atoms in total. The molecule has 0 radical (unpaired) electrons. The van der Waals surface area contributed by atoms with Crippen molar-refractivity contribution in [3.05, 3.63) is 36.4 Å². The van der Waals surface area contributed by atoms with Crippen LogP contribution in [0.2, 0.25) is 0 Å². The van der Waals surface area contributed by atoms with Crippen molar-refractivity contribution in [2.24, 2.45) is 5.84 Å². The molecule has 1 aromatic heterocycles. The molecule has 0 aliphatic rings. The zero-order chi connectivity index (χ0) is 8.97. The highest BCUT2D eigenvalue weighted by Gasteiger charge is 2.11. The van der Waals surface area contributed by atoms with E-state index >= 15 is 0 Å². The van der Waals surface area contributed by atoms with Crippen LogP contribution in [0.4, 0.5) is 0 Å². The minimum absolute atomic E-state index is 0.161. The summed E-state index contributed by atoms with van der Waals surface area (Å²) >= 11 is 0. The van der Waals surface area contributed by atoms with E-state index in [1.807, 2.05) is 6.92 Å². The zero-order valence-corrected chi connectivity index (χ0v) is 6.99. The van der Waals surface area contributed by atoms with Crippen LogP contribution in [0.1, 0.15) is 18.8 Å². The van der Waals surface area contributed by atoms with Gasteiger partial charge in [-0.2, -0.15) is 0 Å². The van der Waals surface area contributed by atoms with Crippen LogP contribution < -0.4 is 11.3 Å². The lowest BCUT2D eigenvalue weighted by Gasteiger charge is -2.12. The number of rotatable bonds is 3. The number of hydrazine groups is 1. The Morgan fingerprint density at radius 3 is 2.58 bits per heavy atom. The van der Waals surface area contributed by atoms with E-state index in [4.69, 9.17) is 5.84 Å². The summed E-state index contributed by atoms with van der Waals surface area (Å²) in [7, 11) is 0. The highest BCUT2D eigenvalue weighted by Crippen LogP contribution is 2.13. The first kappa shape index (κ1) is 8.83. The van der Waals surface area contributed by atoms with E-state index < -0.39 is 0 Å². The van der Waals surface area contributed by atoms with Gasteiger partial charge in [0.15, 0.2) is 5.82 Å². The third-order valence-electron chi connectivity index (χ3n) is 1.50. The number of nitrogens with two attached hydrogens (primary N) is 1. The molecule has 4 heteroatoms. The zero-order valence-electron chi connectivity index (χ0n) is 6.99. The second-order valence-electron chi connectivity index (χ2n) is 2.55. The summed E-state index contributed by atoms with van der Waals surface area (Å²) in [6, 6.07) is 1.60. The molecule has 1 atom stereocenters. The summed E-state index contributed by atoms with van der Waals surface area (Å²) in [4.78, 5) is 8.11. The third-order valence-corrected chi connectivity index (χ3v) is 1.50. The molecule has 12 heavy (non-hydrogen) atoms. The summed E-state index contributed by atoms with van der Waals surface area (Å²) in [5.41, 5.74) is 3.49. The Morgan fingerprint density at radius 2 is 2.17 bits per heavy atom. The molecule has 0 saturated carbocycles. The lowest BCUT2D eigenvalue weighted by Crippen LogP contribution is -2.29. The maximum absolute atomic E-state index is 5.31. The number of nitrogens with one attached hydrogen (secondary N) is 1. The van der Waals surface area contributed by atoms with Gasteiger partial charge in [0, 0.05) is 12.4 Å². The molecule has 1 rings (SSSR count). The molecular weight excluding hydrogens is 152 g/mol. The molecule has 1 unspecified atom stereocenters. The second-order valence-corrected chi connectivity index (χ2v) is 2.55. The quantitative estimate of drug-likeness (QED) is 0.389. The average molecular weight is 164 g/mol. The first-order chi connectivity index (χ1) is 5.75. The van der Waals surface area contributed by atoms with Crippen molar-refractivity contribution >= 4 is 0 Å². The number of hydrogen-bond acceptors (Lipinski definition) is 4. The molecule has 1 aromatic rings. The Hall–Kier alpha value is -1.26. The van der Waals surface area contributed by atoms with Crippen LogP contribution >= 0.6 is 0 Å². The molecule has 0 aliphatic heterocycles. The Bertz CT molecular complexity index is 257. The number of hydrogen-bond donors (Lipinski definition) is 2. The second kappa shape index (κ2) is 3.94. The van der Waals surface area contributed by atoms with Crippen LogP contribution in [-0.4, -0.2) is 9.97 Å². The van der Waals surface area contributed by atoms with Gasteiger partial charge < -0.3 is 0 Å². The fourth-order valence-electron chi connectivity index (χ4n) is 0.897. The summed E-state index contributed by atoms with van der Waals surface area (Å²) in [5.74, 6) is 5.96. The minimum Gasteiger partial charge on any atom is -0.270 e. The predicted octanol–water partition coefficient (Wildman–Crippen LogP) is 0.557. The van der Waals surface area contributed by atoms with Crippen LogP contribution in [0.3, 0.4) is 0 Å². The topological polar surface area (TPSA) is 63.8 Å². The van der Waals surface area contributed by atoms with Gasteiger partial charge >= 0.3 is 0 Å². The van der Waals surface area contributed by atoms with Crippen LogP contribution in [-0.2, 0) is 0 Å². The van der Waals surface area contributed by atoms with Crippen molar-refractivity contribution < 1.29 is 0 Å². The maximum Gasteiger partial charge on any atom is 0.150 e. The fourth-order valence-corrected chi connectivity index (χ4v) is 0.897. The Balaban J connectivity index is 2.88. The van der Waals surface area contributed by atoms with E-state index in [2.05, 4.69) is 22.0 Å². The van der Waals surface area contributed by atoms with Crippen molar-refractivity contribution in [3.63, 3.8) is 0 Å². The van der Waals surface area contributed by atoms with Gasteiger partial charge in [-0.1, -0.05) is 12.2 Å². The van der Waals surface area contributed by atoms with Crippen molar-refractivity contribution in [1.29, 1.82) is 0 Å². The molecule has 0 aromatic carbocycles. The first-order valence-electron chi connectivity index (χ1n) is 3.64. The number of aromatic nitrogens is 2. The molecule has 0 saturated heterocycles. The van der Waals surface area contributed by atoms with Crippen LogP contribution in [0.25, 0.3) is 0 Å². The Kier molecular flexibility index (Phi) is 2.90. The van der Waals surface area contributed by atoms with E-state index in [-0.39, 0.29) is 6.04 Å². The van der Waals surface area contributed by atoms with Crippen LogP contribution in [0, 0.1) is 0 Å². The van der Waals surface area contributed by atoms with Gasteiger partial charge in [-0.3, -0.25) is 5.84 Å². The molecule has 0 bridgehead atoms. The van der Waals surface area contributed by atoms with E-state index in [0.717, 1.165) is 5.57 Å². The average Bonchev–Trinajstić information content (AvgIpc) is 2.07. The normalized spacial score (nSPS) is 12.5. The summed E-state index contributed by atoms with van der Waals surface area (Å²) in [6.45, 7) is 5.66. The van der Waals surface area contributed by atoms with Gasteiger partial charge in [-0.25, -0.2) is 15.4 Å². The smallest absolute Gasteiger partial charge is 0.150 e. The van der Waals surface area contributed by atoms with Gasteiger partial charge in [0.25, 0.3) is 0 Å². The van der Waals surface area contributed by atoms with Crippen molar-refractivity contribution in [2.45, 2.75) is 13.0 Å². The van der Waals surface area contributed by atoms with Gasteiger partial charge in [0.05, 0.1) is 0 Å². The molecule has 0 amide bonds. The summed E-state index contributed by atoms with van der Waals surface area (Å²) in [5, 5.41) is 0. The number of nitrogens with zero attached hydrogens (tertiary/aromatic N) is 2. The maximum atomic E-state index is 5.31. The highest BCUT2D eigenvalue weighted by atomic mass is 15.2. The van der Waals surface area contributed by atoms with Crippen molar-refractivity contribution in [3.8, 4) is 0 Å². The predicted molar refractivity (Wildman–Crippen MR) is 46.9 cm³/mol. The lowest BCUT2D eigenvalue weighted by atomic mass is 10.1. The molecule has 0 aliphatic carbocycles. The third kappa shape index (κ3) is 1.87. The fraction of sp³-hybridized carbons (Fsp3) is 0.250. The van der Waals surface area contributed by atoms with E-state index in [0.29, 0.717) is 5.82 Å². The lowest BCUT2D eigenvalue weighted by molar-refractivity contribution is 0.592. The molecule has 0 spiro atoms. The molecular formula is C8H12N4.